The zero-order chi connectivity index (χ0) is 13.1. The van der Waals surface area contributed by atoms with Crippen LogP contribution in [0.5, 0.6) is 0 Å². The lowest BCUT2D eigenvalue weighted by molar-refractivity contribution is 0.816. The SMILES string of the molecule is Cc1cccnc1-c1nc(NN)cc(C(C)C)n1. The van der Waals surface area contributed by atoms with E-state index in [9.17, 15) is 0 Å². The molecule has 0 unspecified atom stereocenters. The van der Waals surface area contributed by atoms with Crippen LogP contribution in [0.2, 0.25) is 0 Å². The van der Waals surface area contributed by atoms with E-state index < -0.39 is 0 Å². The van der Waals surface area contributed by atoms with Crippen LogP contribution in [0.25, 0.3) is 11.5 Å². The first-order chi connectivity index (χ1) is 8.61. The van der Waals surface area contributed by atoms with Crippen molar-refractivity contribution in [1.82, 2.24) is 15.0 Å². The molecule has 2 aromatic heterocycles. The summed E-state index contributed by atoms with van der Waals surface area (Å²) >= 11 is 0. The van der Waals surface area contributed by atoms with E-state index in [0.717, 1.165) is 17.0 Å². The molecule has 5 heteroatoms. The Kier molecular flexibility index (Phi) is 3.53. The highest BCUT2D eigenvalue weighted by Gasteiger charge is 2.11. The van der Waals surface area contributed by atoms with E-state index in [0.29, 0.717) is 17.6 Å². The Bertz CT molecular complexity index is 551. The van der Waals surface area contributed by atoms with Crippen LogP contribution < -0.4 is 11.3 Å². The van der Waals surface area contributed by atoms with Crippen LogP contribution in [0.3, 0.4) is 0 Å². The lowest BCUT2D eigenvalue weighted by Gasteiger charge is -2.10. The van der Waals surface area contributed by atoms with Gasteiger partial charge in [-0.3, -0.25) is 4.98 Å². The molecule has 0 fully saturated rings. The summed E-state index contributed by atoms with van der Waals surface area (Å²) in [6, 6.07) is 5.74. The second-order valence-corrected chi connectivity index (χ2v) is 4.47. The Labute approximate surface area is 106 Å². The van der Waals surface area contributed by atoms with Gasteiger partial charge in [-0.1, -0.05) is 19.9 Å². The normalized spacial score (nSPS) is 10.7. The van der Waals surface area contributed by atoms with E-state index in [1.165, 1.54) is 0 Å². The number of nitrogens with zero attached hydrogens (tertiary/aromatic N) is 3. The Morgan fingerprint density at radius 3 is 2.67 bits per heavy atom. The molecular weight excluding hydrogens is 226 g/mol. The maximum Gasteiger partial charge on any atom is 0.180 e. The zero-order valence-corrected chi connectivity index (χ0v) is 10.8. The fourth-order valence-electron chi connectivity index (χ4n) is 1.66. The van der Waals surface area contributed by atoms with Crippen molar-refractivity contribution >= 4 is 5.82 Å². The van der Waals surface area contributed by atoms with Crippen molar-refractivity contribution in [1.29, 1.82) is 0 Å². The third-order valence-electron chi connectivity index (χ3n) is 2.71. The van der Waals surface area contributed by atoms with Crippen molar-refractivity contribution < 1.29 is 0 Å². The van der Waals surface area contributed by atoms with Crippen LogP contribution in [0, 0.1) is 6.92 Å². The molecule has 0 aliphatic carbocycles. The number of nitrogen functional groups attached to an aromatic ring is 1. The summed E-state index contributed by atoms with van der Waals surface area (Å²) in [6.45, 7) is 6.15. The monoisotopic (exact) mass is 243 g/mol. The van der Waals surface area contributed by atoms with Crippen LogP contribution in [-0.2, 0) is 0 Å². The average Bonchev–Trinajstić information content (AvgIpc) is 2.38. The van der Waals surface area contributed by atoms with Gasteiger partial charge < -0.3 is 5.43 Å². The minimum absolute atomic E-state index is 0.308. The number of aromatic nitrogens is 3. The van der Waals surface area contributed by atoms with E-state index in [-0.39, 0.29) is 0 Å². The number of aryl methyl sites for hydroxylation is 1. The van der Waals surface area contributed by atoms with Crippen molar-refractivity contribution in [2.45, 2.75) is 26.7 Å². The minimum Gasteiger partial charge on any atom is -0.308 e. The van der Waals surface area contributed by atoms with Gasteiger partial charge in [0.2, 0.25) is 0 Å². The molecule has 18 heavy (non-hydrogen) atoms. The van der Waals surface area contributed by atoms with Gasteiger partial charge in [-0.15, -0.1) is 0 Å². The zero-order valence-electron chi connectivity index (χ0n) is 10.8. The van der Waals surface area contributed by atoms with Gasteiger partial charge in [0.25, 0.3) is 0 Å². The number of rotatable bonds is 3. The topological polar surface area (TPSA) is 76.7 Å². The van der Waals surface area contributed by atoms with Crippen molar-refractivity contribution in [3.05, 3.63) is 35.7 Å². The molecule has 0 amide bonds. The molecule has 3 N–H and O–H groups in total. The predicted molar refractivity (Wildman–Crippen MR) is 71.9 cm³/mol. The maximum atomic E-state index is 5.44. The molecule has 2 heterocycles. The number of nitrogens with one attached hydrogen (secondary N) is 1. The summed E-state index contributed by atoms with van der Waals surface area (Å²) in [4.78, 5) is 13.2. The van der Waals surface area contributed by atoms with Crippen molar-refractivity contribution in [2.75, 3.05) is 5.43 Å². The molecule has 2 rings (SSSR count). The molecule has 5 nitrogen and oxygen atoms in total. The standard InChI is InChI=1S/C13H17N5/c1-8(2)10-7-11(18-14)17-13(16-10)12-9(3)5-4-6-15-12/h4-8H,14H2,1-3H3,(H,16,17,18). The van der Waals surface area contributed by atoms with E-state index in [4.69, 9.17) is 5.84 Å². The molecular formula is C13H17N5. The van der Waals surface area contributed by atoms with Gasteiger partial charge in [-0.05, 0) is 24.5 Å². The van der Waals surface area contributed by atoms with E-state index in [1.54, 1.807) is 6.20 Å². The molecule has 2 aromatic rings. The van der Waals surface area contributed by atoms with E-state index >= 15 is 0 Å². The Hall–Kier alpha value is -2.01. The van der Waals surface area contributed by atoms with Gasteiger partial charge in [0.05, 0.1) is 0 Å². The Morgan fingerprint density at radius 2 is 2.06 bits per heavy atom. The first-order valence-corrected chi connectivity index (χ1v) is 5.89. The second kappa shape index (κ2) is 5.10. The highest BCUT2D eigenvalue weighted by molar-refractivity contribution is 5.56. The average molecular weight is 243 g/mol. The van der Waals surface area contributed by atoms with Crippen LogP contribution in [0.4, 0.5) is 5.82 Å². The lowest BCUT2D eigenvalue weighted by Crippen LogP contribution is -2.11. The minimum atomic E-state index is 0.308. The summed E-state index contributed by atoms with van der Waals surface area (Å²) < 4.78 is 0. The van der Waals surface area contributed by atoms with Crippen LogP contribution in [-0.4, -0.2) is 15.0 Å². The summed E-state index contributed by atoms with van der Waals surface area (Å²) in [5.41, 5.74) is 5.35. The summed E-state index contributed by atoms with van der Waals surface area (Å²) in [5.74, 6) is 6.96. The van der Waals surface area contributed by atoms with Crippen molar-refractivity contribution in [3.8, 4) is 11.5 Å². The molecule has 0 spiro atoms. The van der Waals surface area contributed by atoms with Crippen LogP contribution >= 0.6 is 0 Å². The number of nitrogens with two attached hydrogens (primary N) is 1. The third kappa shape index (κ3) is 2.46. The first-order valence-electron chi connectivity index (χ1n) is 5.89. The number of hydrazine groups is 1. The number of hydrogen-bond acceptors (Lipinski definition) is 5. The van der Waals surface area contributed by atoms with Crippen molar-refractivity contribution in [3.63, 3.8) is 0 Å². The van der Waals surface area contributed by atoms with Crippen LogP contribution in [0.1, 0.15) is 31.0 Å². The van der Waals surface area contributed by atoms with Crippen molar-refractivity contribution in [2.24, 2.45) is 5.84 Å². The third-order valence-corrected chi connectivity index (χ3v) is 2.71. The highest BCUT2D eigenvalue weighted by atomic mass is 15.3. The van der Waals surface area contributed by atoms with Gasteiger partial charge >= 0.3 is 0 Å². The fraction of sp³-hybridized carbons (Fsp3) is 0.308. The predicted octanol–water partition coefficient (Wildman–Crippen LogP) is 2.26. The largest absolute Gasteiger partial charge is 0.308 e. The molecule has 0 bridgehead atoms. The second-order valence-electron chi connectivity index (χ2n) is 4.47. The van der Waals surface area contributed by atoms with Crippen LogP contribution in [0.15, 0.2) is 24.4 Å². The maximum absolute atomic E-state index is 5.44. The molecule has 0 aliphatic rings. The molecule has 0 atom stereocenters. The molecule has 0 saturated heterocycles. The Balaban J connectivity index is 2.57. The van der Waals surface area contributed by atoms with E-state index in [1.807, 2.05) is 25.1 Å². The van der Waals surface area contributed by atoms with Gasteiger partial charge in [-0.25, -0.2) is 15.8 Å². The molecule has 0 saturated carbocycles. The van der Waals surface area contributed by atoms with Gasteiger partial charge in [0, 0.05) is 18.0 Å². The smallest absolute Gasteiger partial charge is 0.180 e. The first kappa shape index (κ1) is 12.4. The summed E-state index contributed by atoms with van der Waals surface area (Å²) in [6.07, 6.45) is 1.74. The number of anilines is 1. The van der Waals surface area contributed by atoms with Gasteiger partial charge in [0.15, 0.2) is 5.82 Å². The van der Waals surface area contributed by atoms with E-state index in [2.05, 4.69) is 34.2 Å². The molecule has 94 valence electrons. The Morgan fingerprint density at radius 1 is 1.28 bits per heavy atom. The lowest BCUT2D eigenvalue weighted by atomic mass is 10.1. The van der Waals surface area contributed by atoms with Gasteiger partial charge in [-0.2, -0.15) is 0 Å². The summed E-state index contributed by atoms with van der Waals surface area (Å²) in [7, 11) is 0. The molecule has 0 aromatic carbocycles. The molecule has 0 aliphatic heterocycles. The van der Waals surface area contributed by atoms with Gasteiger partial charge in [0.1, 0.15) is 11.5 Å². The highest BCUT2D eigenvalue weighted by Crippen LogP contribution is 2.22. The quantitative estimate of drug-likeness (QED) is 0.638. The number of hydrogen-bond donors (Lipinski definition) is 2. The summed E-state index contributed by atoms with van der Waals surface area (Å²) in [5, 5.41) is 0. The molecule has 0 radical (unpaired) electrons. The number of pyridine rings is 1. The fourth-order valence-corrected chi connectivity index (χ4v) is 1.66.